The molecular weight excluding hydrogens is 184 g/mol. The van der Waals surface area contributed by atoms with E-state index in [1.807, 2.05) is 26.8 Å². The first-order valence-corrected chi connectivity index (χ1v) is 5.80. The average molecular weight is 208 g/mol. The standard InChI is InChI=1S/C12H18O.C2H6/c1-5-7-11-10(6-2)8-13-12(11)9(3)4;1-2/h5-7,9,12H,2,8H2,1,3-4H3;1-2H3/b7-5-;. The average Bonchev–Trinajstić information content (AvgIpc) is 2.64. The summed E-state index contributed by atoms with van der Waals surface area (Å²) in [5.74, 6) is 0.531. The fourth-order valence-corrected chi connectivity index (χ4v) is 1.65. The zero-order valence-electron chi connectivity index (χ0n) is 10.7. The largest absolute Gasteiger partial charge is 0.369 e. The van der Waals surface area contributed by atoms with E-state index in [1.54, 1.807) is 0 Å². The molecule has 0 N–H and O–H groups in total. The van der Waals surface area contributed by atoms with Crippen LogP contribution < -0.4 is 0 Å². The van der Waals surface area contributed by atoms with Crippen molar-refractivity contribution < 1.29 is 4.74 Å². The smallest absolute Gasteiger partial charge is 0.0855 e. The van der Waals surface area contributed by atoms with Crippen molar-refractivity contribution in [2.24, 2.45) is 5.92 Å². The lowest BCUT2D eigenvalue weighted by atomic mass is 9.97. The van der Waals surface area contributed by atoms with E-state index in [1.165, 1.54) is 11.1 Å². The van der Waals surface area contributed by atoms with Gasteiger partial charge in [-0.3, -0.25) is 0 Å². The molecule has 0 spiro atoms. The van der Waals surface area contributed by atoms with E-state index in [0.717, 1.165) is 0 Å². The maximum atomic E-state index is 5.69. The second kappa shape index (κ2) is 7.47. The summed E-state index contributed by atoms with van der Waals surface area (Å²) < 4.78 is 5.69. The quantitative estimate of drug-likeness (QED) is 0.677. The minimum Gasteiger partial charge on any atom is -0.369 e. The van der Waals surface area contributed by atoms with Gasteiger partial charge >= 0.3 is 0 Å². The molecule has 0 aromatic heterocycles. The molecular formula is C14H24O. The highest BCUT2D eigenvalue weighted by Gasteiger charge is 2.25. The Morgan fingerprint density at radius 2 is 2.00 bits per heavy atom. The van der Waals surface area contributed by atoms with E-state index in [4.69, 9.17) is 4.74 Å². The summed E-state index contributed by atoms with van der Waals surface area (Å²) in [6.07, 6.45) is 6.35. The SMILES string of the molecule is C=CC1=C(/C=C\C)C(C(C)C)OC1.CC. The van der Waals surface area contributed by atoms with Crippen molar-refractivity contribution >= 4 is 0 Å². The van der Waals surface area contributed by atoms with Crippen molar-refractivity contribution in [3.8, 4) is 0 Å². The fourth-order valence-electron chi connectivity index (χ4n) is 1.65. The summed E-state index contributed by atoms with van der Waals surface area (Å²) in [5, 5.41) is 0. The highest BCUT2D eigenvalue weighted by atomic mass is 16.5. The van der Waals surface area contributed by atoms with Crippen LogP contribution in [0.4, 0.5) is 0 Å². The lowest BCUT2D eigenvalue weighted by molar-refractivity contribution is 0.0877. The van der Waals surface area contributed by atoms with Gasteiger partial charge in [-0.1, -0.05) is 52.5 Å². The summed E-state index contributed by atoms with van der Waals surface area (Å²) in [4.78, 5) is 0. The Kier molecular flexibility index (Phi) is 7.06. The van der Waals surface area contributed by atoms with Gasteiger partial charge < -0.3 is 4.74 Å². The van der Waals surface area contributed by atoms with E-state index in [0.29, 0.717) is 12.5 Å². The molecule has 1 heterocycles. The molecule has 1 heteroatoms. The van der Waals surface area contributed by atoms with Crippen molar-refractivity contribution in [2.45, 2.75) is 40.7 Å². The monoisotopic (exact) mass is 208 g/mol. The van der Waals surface area contributed by atoms with Gasteiger partial charge in [-0.15, -0.1) is 0 Å². The molecule has 86 valence electrons. The normalized spacial score (nSPS) is 20.8. The van der Waals surface area contributed by atoms with Gasteiger partial charge in [0, 0.05) is 0 Å². The van der Waals surface area contributed by atoms with Gasteiger partial charge in [-0.05, 0) is 24.0 Å². The Balaban J connectivity index is 0.000000921. The van der Waals surface area contributed by atoms with Crippen molar-refractivity contribution in [3.63, 3.8) is 0 Å². The highest BCUT2D eigenvalue weighted by molar-refractivity contribution is 5.38. The molecule has 0 saturated carbocycles. The Hall–Kier alpha value is -0.820. The van der Waals surface area contributed by atoms with Gasteiger partial charge in [0.1, 0.15) is 0 Å². The zero-order chi connectivity index (χ0) is 11.8. The third-order valence-electron chi connectivity index (χ3n) is 2.29. The van der Waals surface area contributed by atoms with Gasteiger partial charge in [0.05, 0.1) is 12.7 Å². The summed E-state index contributed by atoms with van der Waals surface area (Å²) >= 11 is 0. The minimum atomic E-state index is 0.254. The third-order valence-corrected chi connectivity index (χ3v) is 2.29. The lowest BCUT2D eigenvalue weighted by Gasteiger charge is -2.15. The first-order valence-electron chi connectivity index (χ1n) is 5.80. The van der Waals surface area contributed by atoms with Crippen LogP contribution in [0, 0.1) is 5.92 Å². The van der Waals surface area contributed by atoms with Crippen LogP contribution in [0.25, 0.3) is 0 Å². The number of hydrogen-bond acceptors (Lipinski definition) is 1. The molecule has 1 atom stereocenters. The van der Waals surface area contributed by atoms with Crippen molar-refractivity contribution in [2.75, 3.05) is 6.61 Å². The molecule has 15 heavy (non-hydrogen) atoms. The predicted molar refractivity (Wildman–Crippen MR) is 68.0 cm³/mol. The van der Waals surface area contributed by atoms with E-state index in [9.17, 15) is 0 Å². The first-order chi connectivity index (χ1) is 7.20. The Morgan fingerprint density at radius 1 is 1.40 bits per heavy atom. The van der Waals surface area contributed by atoms with E-state index in [2.05, 4.69) is 32.6 Å². The maximum Gasteiger partial charge on any atom is 0.0855 e. The first kappa shape index (κ1) is 14.2. The van der Waals surface area contributed by atoms with E-state index >= 15 is 0 Å². The topological polar surface area (TPSA) is 9.23 Å². The van der Waals surface area contributed by atoms with Gasteiger partial charge in [-0.2, -0.15) is 0 Å². The van der Waals surface area contributed by atoms with Crippen LogP contribution in [0.5, 0.6) is 0 Å². The Morgan fingerprint density at radius 3 is 2.40 bits per heavy atom. The molecule has 0 radical (unpaired) electrons. The van der Waals surface area contributed by atoms with Crippen LogP contribution in [0.3, 0.4) is 0 Å². The molecule has 1 aliphatic rings. The van der Waals surface area contributed by atoms with Crippen LogP contribution in [-0.4, -0.2) is 12.7 Å². The third kappa shape index (κ3) is 3.67. The second-order valence-electron chi connectivity index (χ2n) is 3.66. The molecule has 1 aliphatic heterocycles. The minimum absolute atomic E-state index is 0.254. The molecule has 0 fully saturated rings. The van der Waals surface area contributed by atoms with Crippen molar-refractivity contribution in [1.29, 1.82) is 0 Å². The summed E-state index contributed by atoms with van der Waals surface area (Å²) in [7, 11) is 0. The highest BCUT2D eigenvalue weighted by Crippen LogP contribution is 2.28. The van der Waals surface area contributed by atoms with Crippen LogP contribution >= 0.6 is 0 Å². The van der Waals surface area contributed by atoms with Crippen molar-refractivity contribution in [1.82, 2.24) is 0 Å². The number of allylic oxidation sites excluding steroid dienone is 1. The van der Waals surface area contributed by atoms with Gasteiger partial charge in [0.25, 0.3) is 0 Å². The molecule has 0 bridgehead atoms. The molecule has 0 amide bonds. The molecule has 0 saturated heterocycles. The second-order valence-corrected chi connectivity index (χ2v) is 3.66. The molecule has 0 aliphatic carbocycles. The molecule has 1 rings (SSSR count). The van der Waals surface area contributed by atoms with Crippen LogP contribution in [-0.2, 0) is 4.74 Å². The lowest BCUT2D eigenvalue weighted by Crippen LogP contribution is -2.16. The van der Waals surface area contributed by atoms with E-state index < -0.39 is 0 Å². The predicted octanol–water partition coefficient (Wildman–Crippen LogP) is 4.13. The summed E-state index contributed by atoms with van der Waals surface area (Å²) in [6, 6.07) is 0. The number of ether oxygens (including phenoxy) is 1. The fraction of sp³-hybridized carbons (Fsp3) is 0.571. The Labute approximate surface area is 94.5 Å². The van der Waals surface area contributed by atoms with Gasteiger partial charge in [0.2, 0.25) is 0 Å². The summed E-state index contributed by atoms with van der Waals surface area (Å²) in [5.41, 5.74) is 2.53. The number of rotatable bonds is 3. The Bertz CT molecular complexity index is 246. The van der Waals surface area contributed by atoms with Gasteiger partial charge in [0.15, 0.2) is 0 Å². The van der Waals surface area contributed by atoms with Crippen LogP contribution in [0.15, 0.2) is 36.0 Å². The molecule has 0 aromatic carbocycles. The molecule has 1 nitrogen and oxygen atoms in total. The maximum absolute atomic E-state index is 5.69. The van der Waals surface area contributed by atoms with Crippen LogP contribution in [0.2, 0.25) is 0 Å². The van der Waals surface area contributed by atoms with Crippen LogP contribution in [0.1, 0.15) is 34.6 Å². The molecule has 0 aromatic rings. The zero-order valence-corrected chi connectivity index (χ0v) is 10.7. The van der Waals surface area contributed by atoms with Gasteiger partial charge in [-0.25, -0.2) is 0 Å². The summed E-state index contributed by atoms with van der Waals surface area (Å²) in [6.45, 7) is 14.9. The number of hydrogen-bond donors (Lipinski definition) is 0. The van der Waals surface area contributed by atoms with Crippen molar-refractivity contribution in [3.05, 3.63) is 36.0 Å². The van der Waals surface area contributed by atoms with E-state index in [-0.39, 0.29) is 6.10 Å². The molecule has 1 unspecified atom stereocenters.